The monoisotopic (exact) mass is 262 g/mol. The van der Waals surface area contributed by atoms with Crippen LogP contribution in [0.25, 0.3) is 0 Å². The van der Waals surface area contributed by atoms with Gasteiger partial charge in [-0.1, -0.05) is 15.9 Å². The summed E-state index contributed by atoms with van der Waals surface area (Å²) in [5.74, 6) is 0.523. The zero-order valence-corrected chi connectivity index (χ0v) is 9.46. The third kappa shape index (κ3) is 1.78. The summed E-state index contributed by atoms with van der Waals surface area (Å²) in [6.07, 6.45) is 0. The molecule has 1 aromatic rings. The van der Waals surface area contributed by atoms with Crippen LogP contribution in [-0.4, -0.2) is 24.4 Å². The molecule has 1 aromatic carbocycles. The number of aliphatic hydroxyl groups excluding tert-OH is 1. The van der Waals surface area contributed by atoms with Crippen molar-refractivity contribution in [2.24, 2.45) is 0 Å². The van der Waals surface area contributed by atoms with Crippen LogP contribution < -0.4 is 9.47 Å². The van der Waals surface area contributed by atoms with Gasteiger partial charge in [0.05, 0.1) is 20.8 Å². The fourth-order valence-electron chi connectivity index (χ4n) is 1.13. The Balaban J connectivity index is 3.39. The third-order valence-corrected chi connectivity index (χ3v) is 2.56. The molecule has 0 fully saturated rings. The summed E-state index contributed by atoms with van der Waals surface area (Å²) < 4.78 is 10.5. The lowest BCUT2D eigenvalue weighted by Crippen LogP contribution is -1.95. The van der Waals surface area contributed by atoms with E-state index in [4.69, 9.17) is 14.6 Å². The highest BCUT2D eigenvalue weighted by Gasteiger charge is 2.16. The molecule has 1 rings (SSSR count). The number of methoxy groups -OCH3 is 2. The first kappa shape index (κ1) is 11.1. The molecule has 0 radical (unpaired) electrons. The Morgan fingerprint density at radius 3 is 2.43 bits per heavy atom. The molecule has 0 heterocycles. The molecule has 0 spiro atoms. The van der Waals surface area contributed by atoms with Gasteiger partial charge in [0.2, 0.25) is 5.75 Å². The van der Waals surface area contributed by atoms with Gasteiger partial charge in [-0.05, 0) is 6.07 Å². The van der Waals surface area contributed by atoms with Gasteiger partial charge in [-0.3, -0.25) is 0 Å². The van der Waals surface area contributed by atoms with Gasteiger partial charge >= 0.3 is 0 Å². The van der Waals surface area contributed by atoms with Gasteiger partial charge in [0.25, 0.3) is 0 Å². The SMILES string of the molecule is COc1cc(Br)c(CO)c(O)c1OC. The maximum atomic E-state index is 9.69. The van der Waals surface area contributed by atoms with Crippen molar-refractivity contribution >= 4 is 15.9 Å². The second-order valence-corrected chi connectivity index (χ2v) is 3.43. The number of halogens is 1. The van der Waals surface area contributed by atoms with E-state index in [1.165, 1.54) is 14.2 Å². The number of hydrogen-bond donors (Lipinski definition) is 2. The van der Waals surface area contributed by atoms with Gasteiger partial charge in [-0.2, -0.15) is 0 Å². The molecular weight excluding hydrogens is 252 g/mol. The van der Waals surface area contributed by atoms with E-state index in [0.717, 1.165) is 0 Å². The first-order valence-electron chi connectivity index (χ1n) is 3.88. The molecule has 0 bridgehead atoms. The fourth-order valence-corrected chi connectivity index (χ4v) is 1.65. The average Bonchev–Trinajstić information content (AvgIpc) is 2.17. The number of phenols is 1. The molecule has 4 nitrogen and oxygen atoms in total. The number of ether oxygens (including phenoxy) is 2. The lowest BCUT2D eigenvalue weighted by atomic mass is 10.2. The Bertz CT molecular complexity index is 338. The van der Waals surface area contributed by atoms with Crippen molar-refractivity contribution in [3.05, 3.63) is 16.1 Å². The van der Waals surface area contributed by atoms with Gasteiger partial charge in [-0.15, -0.1) is 0 Å². The zero-order chi connectivity index (χ0) is 10.7. The highest BCUT2D eigenvalue weighted by Crippen LogP contribution is 2.42. The standard InChI is InChI=1S/C9H11BrO4/c1-13-7-3-6(10)5(4-11)8(12)9(7)14-2/h3,11-12H,4H2,1-2H3. The molecule has 0 unspecified atom stereocenters. The van der Waals surface area contributed by atoms with Crippen LogP contribution in [0.15, 0.2) is 10.5 Å². The summed E-state index contributed by atoms with van der Waals surface area (Å²) in [7, 11) is 2.90. The summed E-state index contributed by atoms with van der Waals surface area (Å²) >= 11 is 3.21. The Labute approximate surface area is 90.2 Å². The van der Waals surface area contributed by atoms with E-state index in [-0.39, 0.29) is 18.1 Å². The van der Waals surface area contributed by atoms with Crippen molar-refractivity contribution in [2.45, 2.75) is 6.61 Å². The van der Waals surface area contributed by atoms with Crippen molar-refractivity contribution < 1.29 is 19.7 Å². The summed E-state index contributed by atoms with van der Waals surface area (Å²) in [4.78, 5) is 0. The first-order chi connectivity index (χ1) is 6.65. The van der Waals surface area contributed by atoms with E-state index in [2.05, 4.69) is 15.9 Å². The number of hydrogen-bond acceptors (Lipinski definition) is 4. The van der Waals surface area contributed by atoms with Gasteiger partial charge in [0, 0.05) is 10.0 Å². The second kappa shape index (κ2) is 4.52. The molecule has 0 aromatic heterocycles. The van der Waals surface area contributed by atoms with E-state index in [9.17, 15) is 5.11 Å². The molecule has 0 saturated carbocycles. The maximum absolute atomic E-state index is 9.69. The topological polar surface area (TPSA) is 58.9 Å². The minimum atomic E-state index is -0.271. The molecule has 0 aliphatic heterocycles. The predicted octanol–water partition coefficient (Wildman–Crippen LogP) is 1.66. The van der Waals surface area contributed by atoms with Crippen molar-refractivity contribution in [1.82, 2.24) is 0 Å². The van der Waals surface area contributed by atoms with Crippen LogP contribution in [0.5, 0.6) is 17.2 Å². The van der Waals surface area contributed by atoms with E-state index in [0.29, 0.717) is 15.8 Å². The lowest BCUT2D eigenvalue weighted by Gasteiger charge is -2.13. The van der Waals surface area contributed by atoms with E-state index >= 15 is 0 Å². The zero-order valence-electron chi connectivity index (χ0n) is 7.87. The van der Waals surface area contributed by atoms with Crippen LogP contribution in [0.2, 0.25) is 0 Å². The first-order valence-corrected chi connectivity index (χ1v) is 4.68. The Hall–Kier alpha value is -0.940. The van der Waals surface area contributed by atoms with Crippen LogP contribution in [0, 0.1) is 0 Å². The Kier molecular flexibility index (Phi) is 3.60. The third-order valence-electron chi connectivity index (χ3n) is 1.85. The van der Waals surface area contributed by atoms with Crippen molar-refractivity contribution in [2.75, 3.05) is 14.2 Å². The maximum Gasteiger partial charge on any atom is 0.203 e. The number of aromatic hydroxyl groups is 1. The van der Waals surface area contributed by atoms with Crippen LogP contribution in [0.4, 0.5) is 0 Å². The number of aliphatic hydroxyl groups is 1. The summed E-state index contributed by atoms with van der Waals surface area (Å²) in [5.41, 5.74) is 0.377. The molecule has 2 N–H and O–H groups in total. The summed E-state index contributed by atoms with van der Waals surface area (Å²) in [5, 5.41) is 18.7. The highest BCUT2D eigenvalue weighted by atomic mass is 79.9. The molecular formula is C9H11BrO4. The molecule has 0 aliphatic carbocycles. The molecule has 0 amide bonds. The highest BCUT2D eigenvalue weighted by molar-refractivity contribution is 9.10. The molecule has 5 heteroatoms. The van der Waals surface area contributed by atoms with Crippen LogP contribution >= 0.6 is 15.9 Å². The minimum Gasteiger partial charge on any atom is -0.504 e. The van der Waals surface area contributed by atoms with Gasteiger partial charge in [0.15, 0.2) is 11.5 Å². The molecule has 0 atom stereocenters. The second-order valence-electron chi connectivity index (χ2n) is 2.58. The van der Waals surface area contributed by atoms with Gasteiger partial charge in [-0.25, -0.2) is 0 Å². The fraction of sp³-hybridized carbons (Fsp3) is 0.333. The van der Waals surface area contributed by atoms with Gasteiger partial charge in [0.1, 0.15) is 0 Å². The molecule has 14 heavy (non-hydrogen) atoms. The molecule has 0 saturated heterocycles. The molecule has 0 aliphatic rings. The molecule has 78 valence electrons. The average molecular weight is 263 g/mol. The van der Waals surface area contributed by atoms with E-state index in [1.54, 1.807) is 6.07 Å². The Morgan fingerprint density at radius 2 is 2.00 bits per heavy atom. The van der Waals surface area contributed by atoms with Gasteiger partial charge < -0.3 is 19.7 Å². The van der Waals surface area contributed by atoms with Crippen molar-refractivity contribution in [1.29, 1.82) is 0 Å². The van der Waals surface area contributed by atoms with Crippen molar-refractivity contribution in [3.8, 4) is 17.2 Å². The normalized spacial score (nSPS) is 10.0. The Morgan fingerprint density at radius 1 is 1.36 bits per heavy atom. The summed E-state index contributed by atoms with van der Waals surface area (Å²) in [6, 6.07) is 1.63. The van der Waals surface area contributed by atoms with E-state index < -0.39 is 0 Å². The van der Waals surface area contributed by atoms with Crippen LogP contribution in [0.1, 0.15) is 5.56 Å². The van der Waals surface area contributed by atoms with Crippen LogP contribution in [0.3, 0.4) is 0 Å². The predicted molar refractivity (Wildman–Crippen MR) is 54.8 cm³/mol. The largest absolute Gasteiger partial charge is 0.504 e. The van der Waals surface area contributed by atoms with E-state index in [1.807, 2.05) is 0 Å². The number of rotatable bonds is 3. The quantitative estimate of drug-likeness (QED) is 0.870. The smallest absolute Gasteiger partial charge is 0.203 e. The lowest BCUT2D eigenvalue weighted by molar-refractivity contribution is 0.269. The summed E-state index contributed by atoms with van der Waals surface area (Å²) in [6.45, 7) is -0.271. The van der Waals surface area contributed by atoms with Crippen molar-refractivity contribution in [3.63, 3.8) is 0 Å². The number of benzene rings is 1. The van der Waals surface area contributed by atoms with Crippen LogP contribution in [-0.2, 0) is 6.61 Å². The minimum absolute atomic E-state index is 0.110.